The minimum Gasteiger partial charge on any atom is -0.478 e. The van der Waals surface area contributed by atoms with Gasteiger partial charge in [-0.05, 0) is 18.6 Å². The van der Waals surface area contributed by atoms with Crippen LogP contribution in [0.15, 0.2) is 24.3 Å². The summed E-state index contributed by atoms with van der Waals surface area (Å²) in [4.78, 5) is 35.8. The Hall–Kier alpha value is -2.57. The number of amides is 2. The Morgan fingerprint density at radius 1 is 1.29 bits per heavy atom. The van der Waals surface area contributed by atoms with Gasteiger partial charge in [0, 0.05) is 6.54 Å². The number of nitrogens with one attached hydrogen (secondary N) is 1. The molecule has 0 bridgehead atoms. The van der Waals surface area contributed by atoms with E-state index in [4.69, 9.17) is 5.11 Å². The van der Waals surface area contributed by atoms with E-state index in [1.165, 1.54) is 24.1 Å². The van der Waals surface area contributed by atoms with E-state index in [1.54, 1.807) is 12.1 Å². The van der Waals surface area contributed by atoms with Crippen LogP contribution < -0.4 is 5.32 Å². The number of nitrogens with zero attached hydrogens (tertiary/aromatic N) is 1. The van der Waals surface area contributed by atoms with Crippen molar-refractivity contribution >= 4 is 23.7 Å². The van der Waals surface area contributed by atoms with E-state index in [1.807, 2.05) is 6.92 Å². The Kier molecular flexibility index (Phi) is 6.19. The van der Waals surface area contributed by atoms with E-state index >= 15 is 0 Å². The van der Waals surface area contributed by atoms with Crippen LogP contribution in [0, 0.1) is 0 Å². The van der Waals surface area contributed by atoms with Crippen molar-refractivity contribution in [2.45, 2.75) is 13.3 Å². The van der Waals surface area contributed by atoms with Crippen molar-refractivity contribution in [3.8, 4) is 0 Å². The molecular formula is C14H18N2O5. The molecule has 0 heterocycles. The molecule has 1 aromatic rings. The topological polar surface area (TPSA) is 95.9 Å². The van der Waals surface area contributed by atoms with Gasteiger partial charge in [0.05, 0.1) is 18.4 Å². The molecule has 7 heteroatoms. The highest BCUT2D eigenvalue weighted by Crippen LogP contribution is 2.15. The van der Waals surface area contributed by atoms with Gasteiger partial charge in [0.2, 0.25) is 0 Å². The molecule has 7 nitrogen and oxygen atoms in total. The predicted molar refractivity (Wildman–Crippen MR) is 76.3 cm³/mol. The van der Waals surface area contributed by atoms with Gasteiger partial charge >= 0.3 is 18.0 Å². The van der Waals surface area contributed by atoms with E-state index in [0.29, 0.717) is 13.0 Å². The summed E-state index contributed by atoms with van der Waals surface area (Å²) in [5.41, 5.74) is 0.168. The number of carboxylic acids is 1. The minimum absolute atomic E-state index is 0.0135. The fourth-order valence-corrected chi connectivity index (χ4v) is 1.72. The van der Waals surface area contributed by atoms with Gasteiger partial charge < -0.3 is 20.1 Å². The standard InChI is InChI=1S/C14H18N2O5/c1-3-8-16(9-12(17)21-2)14(20)15-11-7-5-4-6-10(11)13(18)19/h4-7H,3,8-9H2,1-2H3,(H,15,20)(H,18,19). The fraction of sp³-hybridized carbons (Fsp3) is 0.357. The van der Waals surface area contributed by atoms with E-state index in [2.05, 4.69) is 10.1 Å². The van der Waals surface area contributed by atoms with Crippen LogP contribution >= 0.6 is 0 Å². The number of para-hydroxylation sites is 1. The predicted octanol–water partition coefficient (Wildman–Crippen LogP) is 1.80. The third kappa shape index (κ3) is 4.79. The van der Waals surface area contributed by atoms with Gasteiger partial charge in [0.25, 0.3) is 0 Å². The van der Waals surface area contributed by atoms with E-state index in [0.717, 1.165) is 0 Å². The lowest BCUT2D eigenvalue weighted by Crippen LogP contribution is -2.39. The van der Waals surface area contributed by atoms with Gasteiger partial charge in [0.1, 0.15) is 6.54 Å². The van der Waals surface area contributed by atoms with Crippen molar-refractivity contribution in [3.05, 3.63) is 29.8 Å². The van der Waals surface area contributed by atoms with Gasteiger partial charge in [-0.3, -0.25) is 4.79 Å². The monoisotopic (exact) mass is 294 g/mol. The van der Waals surface area contributed by atoms with Gasteiger partial charge in [-0.25, -0.2) is 9.59 Å². The summed E-state index contributed by atoms with van der Waals surface area (Å²) in [7, 11) is 1.24. The second kappa shape index (κ2) is 7.88. The van der Waals surface area contributed by atoms with Gasteiger partial charge in [-0.1, -0.05) is 19.1 Å². The van der Waals surface area contributed by atoms with Crippen LogP contribution in [-0.4, -0.2) is 48.2 Å². The second-order valence-corrected chi connectivity index (χ2v) is 4.28. The van der Waals surface area contributed by atoms with E-state index < -0.39 is 18.0 Å². The van der Waals surface area contributed by atoms with Crippen LogP contribution in [0.4, 0.5) is 10.5 Å². The summed E-state index contributed by atoms with van der Waals surface area (Å²) in [5, 5.41) is 11.6. The molecule has 0 spiro atoms. The smallest absolute Gasteiger partial charge is 0.337 e. The number of urea groups is 1. The number of carbonyl (C=O) groups is 3. The highest BCUT2D eigenvalue weighted by molar-refractivity contribution is 6.00. The molecule has 0 saturated heterocycles. The molecule has 2 amide bonds. The van der Waals surface area contributed by atoms with Crippen LogP contribution in [0.1, 0.15) is 23.7 Å². The maximum atomic E-state index is 12.1. The first-order chi connectivity index (χ1) is 9.99. The summed E-state index contributed by atoms with van der Waals surface area (Å²) < 4.78 is 4.53. The molecule has 0 radical (unpaired) electrons. The number of rotatable bonds is 6. The van der Waals surface area contributed by atoms with Crippen molar-refractivity contribution in [1.82, 2.24) is 4.90 Å². The molecular weight excluding hydrogens is 276 g/mol. The highest BCUT2D eigenvalue weighted by Gasteiger charge is 2.19. The quantitative estimate of drug-likeness (QED) is 0.780. The molecule has 0 aliphatic carbocycles. The summed E-state index contributed by atoms with van der Waals surface area (Å²) >= 11 is 0. The van der Waals surface area contributed by atoms with Crippen LogP contribution in [0.5, 0.6) is 0 Å². The highest BCUT2D eigenvalue weighted by atomic mass is 16.5. The number of ether oxygens (including phenoxy) is 1. The van der Waals surface area contributed by atoms with Crippen LogP contribution in [0.25, 0.3) is 0 Å². The summed E-state index contributed by atoms with van der Waals surface area (Å²) in [6.45, 7) is 2.03. The third-order valence-corrected chi connectivity index (χ3v) is 2.73. The Balaban J connectivity index is 2.86. The first-order valence-electron chi connectivity index (χ1n) is 6.44. The zero-order valence-corrected chi connectivity index (χ0v) is 12.0. The number of methoxy groups -OCH3 is 1. The zero-order valence-electron chi connectivity index (χ0n) is 12.0. The van der Waals surface area contributed by atoms with Crippen molar-refractivity contribution in [2.75, 3.05) is 25.5 Å². The molecule has 114 valence electrons. The molecule has 0 aromatic heterocycles. The number of carboxylic acid groups (broad SMARTS) is 1. The fourth-order valence-electron chi connectivity index (χ4n) is 1.72. The van der Waals surface area contributed by atoms with Crippen molar-refractivity contribution < 1.29 is 24.2 Å². The number of carbonyl (C=O) groups excluding carboxylic acids is 2. The number of benzene rings is 1. The van der Waals surface area contributed by atoms with Gasteiger partial charge in [0.15, 0.2) is 0 Å². The molecule has 0 fully saturated rings. The molecule has 0 aliphatic rings. The molecule has 2 N–H and O–H groups in total. The number of anilines is 1. The molecule has 0 aliphatic heterocycles. The second-order valence-electron chi connectivity index (χ2n) is 4.28. The van der Waals surface area contributed by atoms with Crippen LogP contribution in [-0.2, 0) is 9.53 Å². The summed E-state index contributed by atoms with van der Waals surface area (Å²) in [6.07, 6.45) is 0.658. The SMILES string of the molecule is CCCN(CC(=O)OC)C(=O)Nc1ccccc1C(=O)O. The molecule has 21 heavy (non-hydrogen) atoms. The lowest BCUT2D eigenvalue weighted by atomic mass is 10.2. The number of esters is 1. The van der Waals surface area contributed by atoms with Crippen molar-refractivity contribution in [3.63, 3.8) is 0 Å². The van der Waals surface area contributed by atoms with Gasteiger partial charge in [-0.2, -0.15) is 0 Å². The maximum absolute atomic E-state index is 12.1. The molecule has 0 saturated carbocycles. The van der Waals surface area contributed by atoms with E-state index in [-0.39, 0.29) is 17.8 Å². The van der Waals surface area contributed by atoms with Crippen molar-refractivity contribution in [1.29, 1.82) is 0 Å². The average molecular weight is 294 g/mol. The first-order valence-corrected chi connectivity index (χ1v) is 6.44. The lowest BCUT2D eigenvalue weighted by molar-refractivity contribution is -0.141. The Bertz CT molecular complexity index is 530. The largest absolute Gasteiger partial charge is 0.478 e. The number of aromatic carboxylic acids is 1. The lowest BCUT2D eigenvalue weighted by Gasteiger charge is -2.21. The Morgan fingerprint density at radius 3 is 2.52 bits per heavy atom. The number of hydrogen-bond donors (Lipinski definition) is 2. The molecule has 0 unspecified atom stereocenters. The summed E-state index contributed by atoms with van der Waals surface area (Å²) in [5.74, 6) is -1.67. The Morgan fingerprint density at radius 2 is 1.95 bits per heavy atom. The van der Waals surface area contributed by atoms with Gasteiger partial charge in [-0.15, -0.1) is 0 Å². The normalized spacial score (nSPS) is 9.81. The molecule has 0 atom stereocenters. The third-order valence-electron chi connectivity index (χ3n) is 2.73. The van der Waals surface area contributed by atoms with Crippen LogP contribution in [0.3, 0.4) is 0 Å². The average Bonchev–Trinajstić information content (AvgIpc) is 2.46. The Labute approximate surface area is 122 Å². The summed E-state index contributed by atoms with van der Waals surface area (Å²) in [6, 6.07) is 5.52. The first kappa shape index (κ1) is 16.5. The molecule has 1 rings (SSSR count). The molecule has 1 aromatic carbocycles. The number of hydrogen-bond acceptors (Lipinski definition) is 4. The minimum atomic E-state index is -1.14. The maximum Gasteiger partial charge on any atom is 0.337 e. The van der Waals surface area contributed by atoms with Crippen LogP contribution in [0.2, 0.25) is 0 Å². The zero-order chi connectivity index (χ0) is 15.8. The van der Waals surface area contributed by atoms with E-state index in [9.17, 15) is 14.4 Å². The van der Waals surface area contributed by atoms with Crippen molar-refractivity contribution in [2.24, 2.45) is 0 Å².